The molecule has 9 rings (SSSR count). The van der Waals surface area contributed by atoms with E-state index in [9.17, 15) is 19.2 Å². The highest BCUT2D eigenvalue weighted by molar-refractivity contribution is 5.89. The van der Waals surface area contributed by atoms with Crippen LogP contribution in [0, 0.1) is 35.5 Å². The van der Waals surface area contributed by atoms with E-state index in [4.69, 9.17) is 24.2 Å². The maximum Gasteiger partial charge on any atom is 0.407 e. The normalized spacial score (nSPS) is 28.3. The third-order valence-corrected chi connectivity index (χ3v) is 13.4. The second-order valence-corrected chi connectivity index (χ2v) is 18.0. The number of amides is 4. The molecule has 0 radical (unpaired) electrons. The van der Waals surface area contributed by atoms with Crippen LogP contribution in [0.1, 0.15) is 101 Å². The maximum absolute atomic E-state index is 14.3. The van der Waals surface area contributed by atoms with E-state index < -0.39 is 24.3 Å². The van der Waals surface area contributed by atoms with Crippen molar-refractivity contribution in [2.45, 2.75) is 115 Å². The number of nitrogens with one attached hydrogen (secondary N) is 4. The first-order valence-corrected chi connectivity index (χ1v) is 21.5. The highest BCUT2D eigenvalue weighted by Gasteiger charge is 2.58. The van der Waals surface area contributed by atoms with Crippen molar-refractivity contribution in [2.24, 2.45) is 23.7 Å². The highest BCUT2D eigenvalue weighted by Crippen LogP contribution is 2.54. The molecule has 15 heteroatoms. The van der Waals surface area contributed by atoms with Crippen LogP contribution >= 0.6 is 0 Å². The van der Waals surface area contributed by atoms with Gasteiger partial charge in [0.25, 0.3) is 0 Å². The van der Waals surface area contributed by atoms with E-state index in [1.165, 1.54) is 14.2 Å². The topological polar surface area (TPSA) is 184 Å². The Morgan fingerprint density at radius 3 is 2.03 bits per heavy atom. The third kappa shape index (κ3) is 8.05. The summed E-state index contributed by atoms with van der Waals surface area (Å²) in [6.45, 7) is 7.85. The summed E-state index contributed by atoms with van der Waals surface area (Å²) in [6, 6.07) is 10.8. The second-order valence-electron chi connectivity index (χ2n) is 18.0. The zero-order chi connectivity index (χ0) is 42.7. The van der Waals surface area contributed by atoms with Gasteiger partial charge in [-0.3, -0.25) is 9.59 Å². The molecule has 2 saturated carbocycles. The Morgan fingerprint density at radius 2 is 1.36 bits per heavy atom. The first-order valence-electron chi connectivity index (χ1n) is 21.5. The number of carbonyl (C=O) groups excluding carboxylic acids is 4. The van der Waals surface area contributed by atoms with Gasteiger partial charge in [-0.05, 0) is 111 Å². The van der Waals surface area contributed by atoms with Gasteiger partial charge in [-0.1, -0.05) is 38.0 Å². The molecule has 5 aliphatic rings. The molecule has 0 unspecified atom stereocenters. The van der Waals surface area contributed by atoms with E-state index in [0.29, 0.717) is 36.2 Å². The van der Waals surface area contributed by atoms with E-state index in [0.717, 1.165) is 59.1 Å². The molecule has 3 aliphatic heterocycles. The number of ether oxygens (including phenoxy) is 3. The fourth-order valence-corrected chi connectivity index (χ4v) is 10.2. The van der Waals surface area contributed by atoms with E-state index in [1.54, 1.807) is 6.20 Å². The van der Waals surface area contributed by atoms with Crippen LogP contribution < -0.4 is 10.6 Å². The number of nitrogens with zero attached hydrogens (tertiary/aromatic N) is 4. The van der Waals surface area contributed by atoms with Crippen molar-refractivity contribution in [1.29, 1.82) is 0 Å². The van der Waals surface area contributed by atoms with Crippen molar-refractivity contribution in [1.82, 2.24) is 40.4 Å². The Morgan fingerprint density at radius 1 is 0.754 bits per heavy atom. The van der Waals surface area contributed by atoms with Crippen LogP contribution in [-0.4, -0.2) is 104 Å². The van der Waals surface area contributed by atoms with Gasteiger partial charge in [0, 0.05) is 23.2 Å². The molecule has 2 aromatic heterocycles. The molecule has 320 valence electrons. The number of rotatable bonds is 9. The number of carbonyl (C=O) groups is 4. The smallest absolute Gasteiger partial charge is 0.407 e. The lowest BCUT2D eigenvalue weighted by Gasteiger charge is -2.38. The molecular weight excluding hydrogens is 777 g/mol. The van der Waals surface area contributed by atoms with Crippen molar-refractivity contribution >= 4 is 34.8 Å². The van der Waals surface area contributed by atoms with Gasteiger partial charge in [0.1, 0.15) is 29.4 Å². The lowest BCUT2D eigenvalue weighted by Crippen LogP contribution is -2.55. The SMILES string of the molecule is COC(=O)N[C@H](C(=O)N1[C@@H]2C[C@@H]2C[C@H]1c1ncc(-c2ccc3cc(C#Cc4cnc([C@@H]5C[C@H]6C[C@H]6N5C(=O)[C@@H](NC(=O)OC)C5C[C@H](C)O[C@@H](C)C5)[nH]4)ccc3c2)[nH]1)C(C)C. The Bertz CT molecular complexity index is 2410. The summed E-state index contributed by atoms with van der Waals surface area (Å²) in [5.41, 5.74) is 3.34. The van der Waals surface area contributed by atoms with Gasteiger partial charge in [-0.2, -0.15) is 0 Å². The molecule has 3 saturated heterocycles. The van der Waals surface area contributed by atoms with Crippen LogP contribution in [0.5, 0.6) is 0 Å². The molecule has 4 amide bonds. The van der Waals surface area contributed by atoms with Gasteiger partial charge in [0.15, 0.2) is 0 Å². The van der Waals surface area contributed by atoms with Gasteiger partial charge in [-0.15, -0.1) is 0 Å². The van der Waals surface area contributed by atoms with E-state index in [-0.39, 0.29) is 60.0 Å². The quantitative estimate of drug-likeness (QED) is 0.147. The van der Waals surface area contributed by atoms with Gasteiger partial charge < -0.3 is 44.6 Å². The minimum atomic E-state index is -0.717. The van der Waals surface area contributed by atoms with Crippen molar-refractivity contribution in [3.8, 4) is 23.1 Å². The van der Waals surface area contributed by atoms with Gasteiger partial charge in [0.05, 0.1) is 56.6 Å². The molecule has 15 nitrogen and oxygen atoms in total. The molecule has 4 N–H and O–H groups in total. The van der Waals surface area contributed by atoms with Crippen LogP contribution in [0.15, 0.2) is 48.8 Å². The summed E-state index contributed by atoms with van der Waals surface area (Å²) in [5, 5.41) is 7.69. The van der Waals surface area contributed by atoms with Crippen LogP contribution in [0.25, 0.3) is 22.0 Å². The zero-order valence-electron chi connectivity index (χ0n) is 35.4. The molecule has 5 fully saturated rings. The standard InChI is InChI=1S/C46H54N8O7/c1-23(2)39(51-45(57)59-5)43(55)53-35-17-31(35)20-38(53)42-48-22-34(50-42)29-11-10-27-15-26(7-9-28(27)16-29)8-12-33-21-47-41(49-33)37-19-30-18-36(30)54(37)44(56)40(52-46(58)60-6)32-13-24(3)61-25(4)14-32/h7,9-11,15-16,21-25,30-32,35-40H,13-14,17-20H2,1-6H3,(H,47,49)(H,48,50)(H,51,57)(H,52,58)/t24-,25-,30+,31+,35+,36+,37-,38-,39-,40-/m0/s1. The Hall–Kier alpha value is -5.88. The lowest BCUT2D eigenvalue weighted by molar-refractivity contribution is -0.140. The predicted octanol–water partition coefficient (Wildman–Crippen LogP) is 5.99. The largest absolute Gasteiger partial charge is 0.453 e. The van der Waals surface area contributed by atoms with Crippen molar-refractivity contribution in [3.05, 3.63) is 71.7 Å². The summed E-state index contributed by atoms with van der Waals surface area (Å²) in [5.74, 6) is 8.42. The average Bonchev–Trinajstić information content (AvgIpc) is 3.84. The molecule has 0 spiro atoms. The number of H-pyrrole nitrogens is 2. The molecule has 4 aromatic rings. The summed E-state index contributed by atoms with van der Waals surface area (Å²) >= 11 is 0. The first-order chi connectivity index (χ1) is 29.4. The second kappa shape index (κ2) is 16.2. The van der Waals surface area contributed by atoms with Crippen molar-refractivity contribution < 1.29 is 33.4 Å². The molecule has 2 aliphatic carbocycles. The van der Waals surface area contributed by atoms with E-state index in [1.807, 2.05) is 49.8 Å². The van der Waals surface area contributed by atoms with E-state index >= 15 is 0 Å². The number of imidazole rings is 2. The summed E-state index contributed by atoms with van der Waals surface area (Å²) < 4.78 is 15.7. The summed E-state index contributed by atoms with van der Waals surface area (Å²) in [6.07, 6.45) is 7.18. The number of hydrogen-bond acceptors (Lipinski definition) is 9. The third-order valence-electron chi connectivity index (χ3n) is 13.4. The first kappa shape index (κ1) is 40.5. The van der Waals surface area contributed by atoms with Crippen molar-refractivity contribution in [3.63, 3.8) is 0 Å². The van der Waals surface area contributed by atoms with Crippen LogP contribution in [0.4, 0.5) is 9.59 Å². The highest BCUT2D eigenvalue weighted by atomic mass is 16.5. The average molecular weight is 831 g/mol. The molecule has 0 bridgehead atoms. The molecular formula is C46H54N8O7. The zero-order valence-corrected chi connectivity index (χ0v) is 35.4. The van der Waals surface area contributed by atoms with Crippen LogP contribution in [0.3, 0.4) is 0 Å². The Kier molecular flexibility index (Phi) is 10.8. The number of piperidine rings is 2. The monoisotopic (exact) mass is 830 g/mol. The number of fused-ring (bicyclic) bond motifs is 3. The van der Waals surface area contributed by atoms with Crippen LogP contribution in [0.2, 0.25) is 0 Å². The van der Waals surface area contributed by atoms with E-state index in [2.05, 4.69) is 62.8 Å². The van der Waals surface area contributed by atoms with Gasteiger partial charge >= 0.3 is 12.2 Å². The Balaban J connectivity index is 0.881. The Labute approximate surface area is 355 Å². The van der Waals surface area contributed by atoms with Crippen molar-refractivity contribution in [2.75, 3.05) is 14.2 Å². The predicted molar refractivity (Wildman–Crippen MR) is 225 cm³/mol. The molecule has 5 heterocycles. The number of likely N-dealkylation sites (tertiary alicyclic amines) is 2. The number of aromatic nitrogens is 4. The number of methoxy groups -OCH3 is 2. The summed E-state index contributed by atoms with van der Waals surface area (Å²) in [4.78, 5) is 72.9. The molecule has 61 heavy (non-hydrogen) atoms. The summed E-state index contributed by atoms with van der Waals surface area (Å²) in [7, 11) is 2.61. The number of hydrogen-bond donors (Lipinski definition) is 4. The number of benzene rings is 2. The minimum Gasteiger partial charge on any atom is -0.453 e. The molecule has 2 aromatic carbocycles. The maximum atomic E-state index is 14.3. The molecule has 10 atom stereocenters. The fraction of sp³-hybridized carbons (Fsp3) is 0.522. The fourth-order valence-electron chi connectivity index (χ4n) is 10.2. The number of aromatic amines is 2. The van der Waals surface area contributed by atoms with Gasteiger partial charge in [0.2, 0.25) is 11.8 Å². The lowest BCUT2D eigenvalue weighted by atomic mass is 9.85. The number of alkyl carbamates (subject to hydrolysis) is 2. The van der Waals surface area contributed by atoms with Gasteiger partial charge in [-0.25, -0.2) is 19.6 Å². The van der Waals surface area contributed by atoms with Crippen LogP contribution in [-0.2, 0) is 23.8 Å². The minimum absolute atomic E-state index is 0.0164.